The van der Waals surface area contributed by atoms with Gasteiger partial charge >= 0.3 is 0 Å². The third kappa shape index (κ3) is 4.75. The van der Waals surface area contributed by atoms with Crippen LogP contribution in [0.25, 0.3) is 0 Å². The molecule has 1 atom stereocenters. The Morgan fingerprint density at radius 3 is 2.19 bits per heavy atom. The number of nitrogens with zero attached hydrogens (tertiary/aromatic N) is 1. The van der Waals surface area contributed by atoms with Gasteiger partial charge in [0.25, 0.3) is 5.91 Å². The van der Waals surface area contributed by atoms with Gasteiger partial charge in [-0.2, -0.15) is 0 Å². The first-order valence-electron chi connectivity index (χ1n) is 11.2. The Hall–Kier alpha value is -2.45. The molecular weight excluding hydrogens is 390 g/mol. The minimum Gasteiger partial charge on any atom is -0.369 e. The summed E-state index contributed by atoms with van der Waals surface area (Å²) in [6.07, 6.45) is 1.73. The maximum atomic E-state index is 13.3. The molecule has 1 spiro atoms. The van der Waals surface area contributed by atoms with Crippen molar-refractivity contribution in [3.8, 4) is 11.8 Å². The Balaban J connectivity index is 1.74. The van der Waals surface area contributed by atoms with Crippen molar-refractivity contribution in [2.75, 3.05) is 19.7 Å². The van der Waals surface area contributed by atoms with E-state index in [4.69, 9.17) is 4.74 Å². The predicted octanol–water partition coefficient (Wildman–Crippen LogP) is 3.72. The van der Waals surface area contributed by atoms with Gasteiger partial charge in [-0.25, -0.2) is 0 Å². The molecule has 0 N–H and O–H groups in total. The number of amides is 1. The molecule has 0 bridgehead atoms. The van der Waals surface area contributed by atoms with Crippen LogP contribution in [-0.2, 0) is 19.1 Å². The zero-order chi connectivity index (χ0) is 22.8. The monoisotopic (exact) mass is 423 g/mol. The summed E-state index contributed by atoms with van der Waals surface area (Å²) in [4.78, 5) is 40.9. The molecule has 1 aliphatic heterocycles. The van der Waals surface area contributed by atoms with Gasteiger partial charge in [-0.05, 0) is 81.7 Å². The summed E-state index contributed by atoms with van der Waals surface area (Å²) < 4.78 is 5.43. The fourth-order valence-corrected chi connectivity index (χ4v) is 5.29. The fourth-order valence-electron chi connectivity index (χ4n) is 5.29. The molecule has 3 rings (SSSR count). The molecule has 31 heavy (non-hydrogen) atoms. The molecule has 166 valence electrons. The van der Waals surface area contributed by atoms with Gasteiger partial charge in [0.05, 0.1) is 0 Å². The Morgan fingerprint density at radius 2 is 1.71 bits per heavy atom. The molecule has 0 radical (unpaired) electrons. The van der Waals surface area contributed by atoms with E-state index >= 15 is 0 Å². The van der Waals surface area contributed by atoms with E-state index in [1.54, 1.807) is 13.8 Å². The maximum absolute atomic E-state index is 13.3. The average molecular weight is 424 g/mol. The molecule has 1 amide bonds. The quantitative estimate of drug-likeness (QED) is 0.547. The van der Waals surface area contributed by atoms with Crippen molar-refractivity contribution in [2.24, 2.45) is 5.41 Å². The van der Waals surface area contributed by atoms with Crippen molar-refractivity contribution < 1.29 is 19.1 Å². The molecule has 1 aliphatic carbocycles. The SMILES string of the molecule is CC#Cc1cc(C)c(C2C(=O)CC3(CCN(C(=O)C(C)OCC)CC3)CC2=O)c(C)c1. The number of Topliss-reactive ketones (excluding diaryl/α,β-unsaturated/α-hetero) is 2. The Morgan fingerprint density at radius 1 is 1.16 bits per heavy atom. The fraction of sp³-hybridized carbons (Fsp3) is 0.577. The second-order valence-corrected chi connectivity index (χ2v) is 9.04. The summed E-state index contributed by atoms with van der Waals surface area (Å²) in [5.74, 6) is 5.30. The van der Waals surface area contributed by atoms with Crippen LogP contribution in [0.5, 0.6) is 0 Å². The van der Waals surface area contributed by atoms with Crippen molar-refractivity contribution in [1.82, 2.24) is 4.90 Å². The van der Waals surface area contributed by atoms with Crippen LogP contribution in [0.1, 0.15) is 74.6 Å². The number of rotatable bonds is 4. The Labute approximate surface area is 185 Å². The Bertz CT molecular complexity index is 901. The molecule has 1 heterocycles. The maximum Gasteiger partial charge on any atom is 0.251 e. The highest BCUT2D eigenvalue weighted by atomic mass is 16.5. The first-order chi connectivity index (χ1) is 14.7. The Kier molecular flexibility index (Phi) is 7.01. The van der Waals surface area contributed by atoms with Gasteiger partial charge in [-0.15, -0.1) is 5.92 Å². The number of hydrogen-bond acceptors (Lipinski definition) is 4. The van der Waals surface area contributed by atoms with E-state index in [1.807, 2.05) is 37.8 Å². The molecule has 1 aromatic rings. The van der Waals surface area contributed by atoms with E-state index in [0.717, 1.165) is 22.3 Å². The van der Waals surface area contributed by atoms with Crippen LogP contribution in [0.4, 0.5) is 0 Å². The number of hydrogen-bond donors (Lipinski definition) is 0. The van der Waals surface area contributed by atoms with E-state index in [9.17, 15) is 14.4 Å². The van der Waals surface area contributed by atoms with Crippen LogP contribution in [-0.4, -0.2) is 48.2 Å². The number of piperidine rings is 1. The van der Waals surface area contributed by atoms with Gasteiger partial charge < -0.3 is 9.64 Å². The summed E-state index contributed by atoms with van der Waals surface area (Å²) in [7, 11) is 0. The molecule has 2 aliphatic rings. The number of aryl methyl sites for hydroxylation is 2. The first kappa shape index (κ1) is 23.2. The lowest BCUT2D eigenvalue weighted by atomic mass is 9.62. The molecule has 1 saturated heterocycles. The van der Waals surface area contributed by atoms with Gasteiger partial charge in [0, 0.05) is 38.1 Å². The summed E-state index contributed by atoms with van der Waals surface area (Å²) in [5.41, 5.74) is 3.35. The van der Waals surface area contributed by atoms with Crippen molar-refractivity contribution in [1.29, 1.82) is 0 Å². The van der Waals surface area contributed by atoms with Crippen molar-refractivity contribution >= 4 is 17.5 Å². The van der Waals surface area contributed by atoms with Crippen LogP contribution >= 0.6 is 0 Å². The number of carbonyl (C=O) groups excluding carboxylic acids is 3. The lowest BCUT2D eigenvalue weighted by Crippen LogP contribution is -2.50. The zero-order valence-corrected chi connectivity index (χ0v) is 19.3. The normalized spacial score (nSPS) is 19.8. The summed E-state index contributed by atoms with van der Waals surface area (Å²) in [5, 5.41) is 0. The molecular formula is C26H33NO4. The van der Waals surface area contributed by atoms with Crippen LogP contribution in [0.3, 0.4) is 0 Å². The standard InChI is InChI=1S/C26H33NO4/c1-6-8-20-13-17(3)23(18(4)14-20)24-21(28)15-26(16-22(24)29)9-11-27(12-10-26)25(30)19(5)31-7-2/h13-14,19,24H,7,9-12,15-16H2,1-5H3. The van der Waals surface area contributed by atoms with E-state index in [2.05, 4.69) is 11.8 Å². The summed E-state index contributed by atoms with van der Waals surface area (Å²) >= 11 is 0. The van der Waals surface area contributed by atoms with Crippen LogP contribution < -0.4 is 0 Å². The van der Waals surface area contributed by atoms with Gasteiger partial charge in [-0.3, -0.25) is 14.4 Å². The molecule has 1 saturated carbocycles. The minimum absolute atomic E-state index is 0.00967. The second kappa shape index (κ2) is 9.36. The highest BCUT2D eigenvalue weighted by Crippen LogP contribution is 2.46. The molecule has 1 aromatic carbocycles. The van der Waals surface area contributed by atoms with Crippen LogP contribution in [0, 0.1) is 31.1 Å². The zero-order valence-electron chi connectivity index (χ0n) is 19.3. The number of ketones is 2. The molecule has 2 fully saturated rings. The molecule has 5 heteroatoms. The predicted molar refractivity (Wildman–Crippen MR) is 120 cm³/mol. The lowest BCUT2D eigenvalue weighted by Gasteiger charge is -2.45. The topological polar surface area (TPSA) is 63.7 Å². The van der Waals surface area contributed by atoms with Gasteiger partial charge in [0.2, 0.25) is 0 Å². The first-order valence-corrected chi connectivity index (χ1v) is 11.2. The largest absolute Gasteiger partial charge is 0.369 e. The highest BCUT2D eigenvalue weighted by molar-refractivity contribution is 6.10. The minimum atomic E-state index is -0.674. The number of carbonyl (C=O) groups is 3. The third-order valence-corrected chi connectivity index (χ3v) is 6.79. The number of ether oxygens (including phenoxy) is 1. The van der Waals surface area contributed by atoms with E-state index < -0.39 is 12.0 Å². The average Bonchev–Trinajstić information content (AvgIpc) is 2.70. The van der Waals surface area contributed by atoms with Crippen molar-refractivity contribution in [2.45, 2.75) is 72.3 Å². The molecule has 5 nitrogen and oxygen atoms in total. The van der Waals surface area contributed by atoms with Crippen LogP contribution in [0.15, 0.2) is 12.1 Å². The summed E-state index contributed by atoms with van der Waals surface area (Å²) in [6, 6.07) is 3.93. The lowest BCUT2D eigenvalue weighted by molar-refractivity contribution is -0.146. The second-order valence-electron chi connectivity index (χ2n) is 9.04. The number of benzene rings is 1. The van der Waals surface area contributed by atoms with Crippen molar-refractivity contribution in [3.63, 3.8) is 0 Å². The van der Waals surface area contributed by atoms with Gasteiger partial charge in [0.15, 0.2) is 0 Å². The van der Waals surface area contributed by atoms with E-state index in [1.165, 1.54) is 0 Å². The smallest absolute Gasteiger partial charge is 0.251 e. The molecule has 1 unspecified atom stereocenters. The van der Waals surface area contributed by atoms with Gasteiger partial charge in [0.1, 0.15) is 23.6 Å². The van der Waals surface area contributed by atoms with E-state index in [-0.39, 0.29) is 22.9 Å². The van der Waals surface area contributed by atoms with Crippen molar-refractivity contribution in [3.05, 3.63) is 34.4 Å². The highest BCUT2D eigenvalue weighted by Gasteiger charge is 2.48. The van der Waals surface area contributed by atoms with Crippen LogP contribution in [0.2, 0.25) is 0 Å². The summed E-state index contributed by atoms with van der Waals surface area (Å²) in [6.45, 7) is 11.0. The third-order valence-electron chi connectivity index (χ3n) is 6.79. The van der Waals surface area contributed by atoms with E-state index in [0.29, 0.717) is 45.4 Å². The number of likely N-dealkylation sites (tertiary alicyclic amines) is 1. The van der Waals surface area contributed by atoms with Gasteiger partial charge in [-0.1, -0.05) is 5.92 Å². The molecule has 0 aromatic heterocycles.